The molecule has 17 heavy (non-hydrogen) atoms. The summed E-state index contributed by atoms with van der Waals surface area (Å²) < 4.78 is 0. The van der Waals surface area contributed by atoms with E-state index in [1.807, 2.05) is 6.92 Å². The van der Waals surface area contributed by atoms with Gasteiger partial charge in [-0.2, -0.15) is 0 Å². The van der Waals surface area contributed by atoms with Crippen molar-refractivity contribution in [3.63, 3.8) is 0 Å². The Morgan fingerprint density at radius 1 is 1.18 bits per heavy atom. The van der Waals surface area contributed by atoms with Gasteiger partial charge in [0, 0.05) is 12.6 Å². The average Bonchev–Trinajstić information content (AvgIpc) is 2.26. The molecule has 1 aliphatic rings. The van der Waals surface area contributed by atoms with Crippen LogP contribution in [0.25, 0.3) is 0 Å². The fourth-order valence-electron chi connectivity index (χ4n) is 2.75. The summed E-state index contributed by atoms with van der Waals surface area (Å²) in [4.78, 5) is 0. The van der Waals surface area contributed by atoms with Gasteiger partial charge in [-0.25, -0.2) is 0 Å². The number of nitrogens with one attached hydrogen (secondary N) is 1. The number of rotatable bonds is 5. The first-order valence-electron chi connectivity index (χ1n) is 7.30. The van der Waals surface area contributed by atoms with Crippen LogP contribution in [0.1, 0.15) is 60.3 Å². The quantitative estimate of drug-likeness (QED) is 0.775. The van der Waals surface area contributed by atoms with Crippen molar-refractivity contribution in [2.75, 3.05) is 6.54 Å². The van der Waals surface area contributed by atoms with E-state index >= 15 is 0 Å². The molecule has 0 radical (unpaired) electrons. The Kier molecular flexibility index (Phi) is 5.46. The Balaban J connectivity index is 2.48. The molecule has 0 bridgehead atoms. The largest absolute Gasteiger partial charge is 0.389 e. The van der Waals surface area contributed by atoms with Crippen molar-refractivity contribution in [2.45, 2.75) is 71.9 Å². The predicted molar refractivity (Wildman–Crippen MR) is 74.0 cm³/mol. The molecule has 2 N–H and O–H groups in total. The number of aliphatic hydroxyl groups is 1. The minimum atomic E-state index is -0.584. The highest BCUT2D eigenvalue weighted by atomic mass is 16.3. The predicted octanol–water partition coefficient (Wildman–Crippen LogP) is 3.20. The molecule has 0 amide bonds. The first kappa shape index (κ1) is 15.0. The van der Waals surface area contributed by atoms with E-state index in [2.05, 4.69) is 33.0 Å². The van der Waals surface area contributed by atoms with E-state index in [9.17, 15) is 5.11 Å². The van der Waals surface area contributed by atoms with Crippen molar-refractivity contribution in [3.05, 3.63) is 0 Å². The molecule has 2 heteroatoms. The molecule has 0 heterocycles. The Bertz CT molecular complexity index is 223. The van der Waals surface area contributed by atoms with Crippen LogP contribution in [-0.2, 0) is 0 Å². The molecule has 2 nitrogen and oxygen atoms in total. The van der Waals surface area contributed by atoms with Gasteiger partial charge in [-0.15, -0.1) is 0 Å². The van der Waals surface area contributed by atoms with Crippen molar-refractivity contribution in [2.24, 2.45) is 17.8 Å². The van der Waals surface area contributed by atoms with E-state index in [-0.39, 0.29) is 0 Å². The minimum Gasteiger partial charge on any atom is -0.389 e. The SMILES string of the molecule is CC(C)C1CCCCC1NCC(C)(O)C(C)C. The second-order valence-electron chi connectivity index (χ2n) is 6.69. The third-order valence-electron chi connectivity index (χ3n) is 4.64. The van der Waals surface area contributed by atoms with Gasteiger partial charge in [-0.05, 0) is 37.5 Å². The van der Waals surface area contributed by atoms with Crippen molar-refractivity contribution in [1.29, 1.82) is 0 Å². The van der Waals surface area contributed by atoms with E-state index in [4.69, 9.17) is 0 Å². The lowest BCUT2D eigenvalue weighted by Gasteiger charge is -2.38. The Hall–Kier alpha value is -0.0800. The van der Waals surface area contributed by atoms with Gasteiger partial charge in [0.15, 0.2) is 0 Å². The Morgan fingerprint density at radius 3 is 2.29 bits per heavy atom. The summed E-state index contributed by atoms with van der Waals surface area (Å²) in [6.45, 7) is 11.5. The molecule has 0 aliphatic heterocycles. The van der Waals surface area contributed by atoms with Crippen LogP contribution < -0.4 is 5.32 Å². The van der Waals surface area contributed by atoms with Crippen molar-refractivity contribution in [3.8, 4) is 0 Å². The number of hydrogen-bond acceptors (Lipinski definition) is 2. The normalized spacial score (nSPS) is 29.6. The summed E-state index contributed by atoms with van der Waals surface area (Å²) in [6, 6.07) is 0.606. The van der Waals surface area contributed by atoms with Crippen molar-refractivity contribution < 1.29 is 5.11 Å². The topological polar surface area (TPSA) is 32.3 Å². The molecule has 1 aliphatic carbocycles. The molecule has 102 valence electrons. The Labute approximate surface area is 107 Å². The van der Waals surface area contributed by atoms with E-state index in [1.165, 1.54) is 25.7 Å². The van der Waals surface area contributed by atoms with Gasteiger partial charge in [0.1, 0.15) is 0 Å². The molecule has 0 aromatic carbocycles. The van der Waals surface area contributed by atoms with E-state index < -0.39 is 5.60 Å². The molecule has 1 fully saturated rings. The van der Waals surface area contributed by atoms with Crippen LogP contribution in [0.15, 0.2) is 0 Å². The van der Waals surface area contributed by atoms with Crippen LogP contribution >= 0.6 is 0 Å². The summed E-state index contributed by atoms with van der Waals surface area (Å²) in [7, 11) is 0. The number of hydrogen-bond donors (Lipinski definition) is 2. The third kappa shape index (κ3) is 4.26. The van der Waals surface area contributed by atoms with Gasteiger partial charge >= 0.3 is 0 Å². The van der Waals surface area contributed by atoms with Gasteiger partial charge in [0.25, 0.3) is 0 Å². The third-order valence-corrected chi connectivity index (χ3v) is 4.64. The van der Waals surface area contributed by atoms with E-state index in [0.717, 1.165) is 18.4 Å². The van der Waals surface area contributed by atoms with E-state index in [0.29, 0.717) is 12.0 Å². The summed E-state index contributed by atoms with van der Waals surface area (Å²) >= 11 is 0. The maximum absolute atomic E-state index is 10.3. The van der Waals surface area contributed by atoms with E-state index in [1.54, 1.807) is 0 Å². The van der Waals surface area contributed by atoms with Crippen LogP contribution in [0.3, 0.4) is 0 Å². The van der Waals surface area contributed by atoms with Crippen LogP contribution in [0.4, 0.5) is 0 Å². The molecule has 0 spiro atoms. The van der Waals surface area contributed by atoms with Gasteiger partial charge in [0.05, 0.1) is 5.60 Å². The molecule has 0 aromatic rings. The van der Waals surface area contributed by atoms with Crippen LogP contribution in [-0.4, -0.2) is 23.3 Å². The molecule has 3 unspecified atom stereocenters. The zero-order chi connectivity index (χ0) is 13.1. The lowest BCUT2D eigenvalue weighted by Crippen LogP contribution is -2.49. The van der Waals surface area contributed by atoms with Gasteiger partial charge < -0.3 is 10.4 Å². The van der Waals surface area contributed by atoms with Crippen molar-refractivity contribution >= 4 is 0 Å². The molecule has 0 saturated heterocycles. The fraction of sp³-hybridized carbons (Fsp3) is 1.00. The first-order valence-corrected chi connectivity index (χ1v) is 7.30. The highest BCUT2D eigenvalue weighted by Gasteiger charge is 2.30. The molecule has 1 saturated carbocycles. The van der Waals surface area contributed by atoms with Crippen LogP contribution in [0.5, 0.6) is 0 Å². The fourth-order valence-corrected chi connectivity index (χ4v) is 2.75. The first-order chi connectivity index (χ1) is 7.84. The van der Waals surface area contributed by atoms with Gasteiger partial charge in [0.2, 0.25) is 0 Å². The highest BCUT2D eigenvalue weighted by Crippen LogP contribution is 2.30. The summed E-state index contributed by atoms with van der Waals surface area (Å²) in [5, 5.41) is 13.9. The minimum absolute atomic E-state index is 0.302. The zero-order valence-corrected chi connectivity index (χ0v) is 12.3. The molecular formula is C15H31NO. The Morgan fingerprint density at radius 2 is 1.76 bits per heavy atom. The highest BCUT2D eigenvalue weighted by molar-refractivity contribution is 4.87. The van der Waals surface area contributed by atoms with Crippen molar-refractivity contribution in [1.82, 2.24) is 5.32 Å². The monoisotopic (exact) mass is 241 g/mol. The van der Waals surface area contributed by atoms with Gasteiger partial charge in [-0.3, -0.25) is 0 Å². The summed E-state index contributed by atoms with van der Waals surface area (Å²) in [5.41, 5.74) is -0.584. The summed E-state index contributed by atoms with van der Waals surface area (Å²) in [6.07, 6.45) is 5.34. The maximum atomic E-state index is 10.3. The molecule has 3 atom stereocenters. The second kappa shape index (κ2) is 6.19. The average molecular weight is 241 g/mol. The zero-order valence-electron chi connectivity index (χ0n) is 12.3. The van der Waals surface area contributed by atoms with Crippen LogP contribution in [0.2, 0.25) is 0 Å². The summed E-state index contributed by atoms with van der Waals surface area (Å²) in [5.74, 6) is 1.83. The van der Waals surface area contributed by atoms with Crippen LogP contribution in [0, 0.1) is 17.8 Å². The lowest BCUT2D eigenvalue weighted by molar-refractivity contribution is 0.00723. The smallest absolute Gasteiger partial charge is 0.0766 e. The molecule has 0 aromatic heterocycles. The second-order valence-corrected chi connectivity index (χ2v) is 6.69. The molecule has 1 rings (SSSR count). The molecular weight excluding hydrogens is 210 g/mol. The lowest BCUT2D eigenvalue weighted by atomic mass is 9.77. The standard InChI is InChI=1S/C15H31NO/c1-11(2)13-8-6-7-9-14(13)16-10-15(5,17)12(3)4/h11-14,16-17H,6-10H2,1-5H3. The van der Waals surface area contributed by atoms with Gasteiger partial charge in [-0.1, -0.05) is 40.5 Å². The maximum Gasteiger partial charge on any atom is 0.0766 e.